The van der Waals surface area contributed by atoms with Crippen LogP contribution < -0.4 is 5.73 Å². The molecule has 0 unspecified atom stereocenters. The number of thioether (sulfide) groups is 1. The van der Waals surface area contributed by atoms with Gasteiger partial charge in [-0.15, -0.1) is 0 Å². The van der Waals surface area contributed by atoms with E-state index in [9.17, 15) is 0 Å². The zero-order chi connectivity index (χ0) is 12.3. The molecule has 0 aromatic carbocycles. The third kappa shape index (κ3) is 3.28. The van der Waals surface area contributed by atoms with E-state index in [2.05, 4.69) is 22.0 Å². The molecule has 6 heteroatoms. The van der Waals surface area contributed by atoms with E-state index in [1.54, 1.807) is 11.8 Å². The first kappa shape index (κ1) is 12.1. The van der Waals surface area contributed by atoms with Gasteiger partial charge in [-0.05, 0) is 31.5 Å². The monoisotopic (exact) mass is 250 g/mol. The van der Waals surface area contributed by atoms with Crippen molar-refractivity contribution in [1.29, 1.82) is 0 Å². The molecular weight excluding hydrogens is 236 g/mol. The van der Waals surface area contributed by atoms with Crippen LogP contribution >= 0.6 is 11.8 Å². The molecule has 0 fully saturated rings. The van der Waals surface area contributed by atoms with Gasteiger partial charge in [-0.25, -0.2) is 4.98 Å². The molecule has 17 heavy (non-hydrogen) atoms. The van der Waals surface area contributed by atoms with Crippen LogP contribution in [0, 0.1) is 13.8 Å². The van der Waals surface area contributed by atoms with Gasteiger partial charge in [0.05, 0.1) is 17.3 Å². The summed E-state index contributed by atoms with van der Waals surface area (Å²) in [5.74, 6) is 1.75. The Labute approximate surface area is 104 Å². The largest absolute Gasteiger partial charge is 0.338 e. The molecule has 0 aliphatic heterocycles. The molecule has 0 saturated heterocycles. The highest BCUT2D eigenvalue weighted by atomic mass is 32.2. The average Bonchev–Trinajstić information content (AvgIpc) is 2.73. The molecule has 0 aliphatic carbocycles. The molecule has 0 spiro atoms. The minimum absolute atomic E-state index is 0.277. The maximum atomic E-state index is 5.39. The summed E-state index contributed by atoms with van der Waals surface area (Å²) in [4.78, 5) is 8.57. The van der Waals surface area contributed by atoms with Crippen LogP contribution in [0.15, 0.2) is 21.7 Å². The van der Waals surface area contributed by atoms with Crippen molar-refractivity contribution in [1.82, 2.24) is 15.1 Å². The number of nitrogens with two attached hydrogens (primary N) is 1. The molecule has 0 atom stereocenters. The van der Waals surface area contributed by atoms with E-state index in [0.717, 1.165) is 10.7 Å². The van der Waals surface area contributed by atoms with Crippen molar-refractivity contribution in [3.63, 3.8) is 0 Å². The van der Waals surface area contributed by atoms with Crippen LogP contribution in [0.25, 0.3) is 0 Å². The number of nitrogens with zero attached hydrogens (tertiary/aromatic N) is 3. The van der Waals surface area contributed by atoms with Crippen molar-refractivity contribution in [2.45, 2.75) is 31.2 Å². The normalized spacial score (nSPS) is 10.8. The van der Waals surface area contributed by atoms with Gasteiger partial charge in [0, 0.05) is 5.69 Å². The number of aromatic nitrogens is 3. The molecule has 5 nitrogen and oxygen atoms in total. The van der Waals surface area contributed by atoms with E-state index in [1.807, 2.05) is 19.1 Å². The number of aryl methyl sites for hydroxylation is 2. The lowest BCUT2D eigenvalue weighted by molar-refractivity contribution is 0.376. The van der Waals surface area contributed by atoms with E-state index >= 15 is 0 Å². The molecule has 0 radical (unpaired) electrons. The predicted octanol–water partition coefficient (Wildman–Crippen LogP) is 1.83. The van der Waals surface area contributed by atoms with Crippen LogP contribution in [-0.4, -0.2) is 15.1 Å². The Morgan fingerprint density at radius 1 is 1.29 bits per heavy atom. The fourth-order valence-electron chi connectivity index (χ4n) is 1.45. The van der Waals surface area contributed by atoms with Crippen molar-refractivity contribution in [3.05, 3.63) is 35.1 Å². The molecule has 2 aromatic rings. The molecule has 2 heterocycles. The second kappa shape index (κ2) is 5.29. The lowest BCUT2D eigenvalue weighted by Crippen LogP contribution is -1.96. The zero-order valence-electron chi connectivity index (χ0n) is 9.80. The van der Waals surface area contributed by atoms with Gasteiger partial charge in [0.25, 0.3) is 0 Å². The third-order valence-electron chi connectivity index (χ3n) is 2.11. The predicted molar refractivity (Wildman–Crippen MR) is 65.5 cm³/mol. The maximum Gasteiger partial charge on any atom is 0.240 e. The fraction of sp³-hybridized carbons (Fsp3) is 0.364. The Bertz CT molecular complexity index is 492. The fourth-order valence-corrected chi connectivity index (χ4v) is 2.32. The summed E-state index contributed by atoms with van der Waals surface area (Å²) >= 11 is 1.59. The first-order valence-electron chi connectivity index (χ1n) is 5.27. The van der Waals surface area contributed by atoms with E-state index in [1.165, 1.54) is 5.56 Å². The molecule has 2 N–H and O–H groups in total. The van der Waals surface area contributed by atoms with E-state index in [0.29, 0.717) is 17.5 Å². The lowest BCUT2D eigenvalue weighted by atomic mass is 10.3. The van der Waals surface area contributed by atoms with Gasteiger partial charge >= 0.3 is 0 Å². The SMILES string of the molecule is Cc1cc(C)nc(SCc2noc(CN)n2)c1. The topological polar surface area (TPSA) is 77.8 Å². The minimum atomic E-state index is 0.277. The van der Waals surface area contributed by atoms with Crippen LogP contribution in [0.4, 0.5) is 0 Å². The van der Waals surface area contributed by atoms with E-state index < -0.39 is 0 Å². The van der Waals surface area contributed by atoms with Gasteiger partial charge in [0.2, 0.25) is 5.89 Å². The highest BCUT2D eigenvalue weighted by Gasteiger charge is 2.06. The minimum Gasteiger partial charge on any atom is -0.338 e. The van der Waals surface area contributed by atoms with Crippen molar-refractivity contribution >= 4 is 11.8 Å². The summed E-state index contributed by atoms with van der Waals surface area (Å²) in [5, 5.41) is 4.81. The quantitative estimate of drug-likeness (QED) is 0.834. The van der Waals surface area contributed by atoms with Crippen molar-refractivity contribution in [2.24, 2.45) is 5.73 Å². The van der Waals surface area contributed by atoms with Crippen LogP contribution in [0.2, 0.25) is 0 Å². The second-order valence-corrected chi connectivity index (χ2v) is 4.72. The van der Waals surface area contributed by atoms with Gasteiger partial charge < -0.3 is 10.3 Å². The third-order valence-corrected chi connectivity index (χ3v) is 3.02. The van der Waals surface area contributed by atoms with Gasteiger partial charge in [-0.3, -0.25) is 0 Å². The maximum absolute atomic E-state index is 5.39. The van der Waals surface area contributed by atoms with E-state index in [-0.39, 0.29) is 6.54 Å². The summed E-state index contributed by atoms with van der Waals surface area (Å²) < 4.78 is 4.93. The summed E-state index contributed by atoms with van der Waals surface area (Å²) in [7, 11) is 0. The van der Waals surface area contributed by atoms with Crippen LogP contribution in [-0.2, 0) is 12.3 Å². The van der Waals surface area contributed by atoms with Gasteiger partial charge in [-0.1, -0.05) is 16.9 Å². The Hall–Kier alpha value is -1.40. The Kier molecular flexibility index (Phi) is 3.75. The Morgan fingerprint density at radius 3 is 2.76 bits per heavy atom. The molecule has 0 aliphatic rings. The highest BCUT2D eigenvalue weighted by Crippen LogP contribution is 2.21. The first-order valence-corrected chi connectivity index (χ1v) is 6.25. The average molecular weight is 250 g/mol. The van der Waals surface area contributed by atoms with Crippen molar-refractivity contribution in [2.75, 3.05) is 0 Å². The molecule has 2 rings (SSSR count). The van der Waals surface area contributed by atoms with Gasteiger partial charge in [0.15, 0.2) is 5.82 Å². The molecule has 0 bridgehead atoms. The lowest BCUT2D eigenvalue weighted by Gasteiger charge is -2.01. The molecule has 0 amide bonds. The number of hydrogen-bond acceptors (Lipinski definition) is 6. The molecule has 90 valence electrons. The summed E-state index contributed by atoms with van der Waals surface area (Å²) in [6.07, 6.45) is 0. The van der Waals surface area contributed by atoms with Crippen LogP contribution in [0.1, 0.15) is 23.0 Å². The van der Waals surface area contributed by atoms with Crippen LogP contribution in [0.5, 0.6) is 0 Å². The van der Waals surface area contributed by atoms with Gasteiger partial charge in [0.1, 0.15) is 0 Å². The van der Waals surface area contributed by atoms with Crippen molar-refractivity contribution < 1.29 is 4.52 Å². The zero-order valence-corrected chi connectivity index (χ0v) is 10.6. The van der Waals surface area contributed by atoms with Crippen molar-refractivity contribution in [3.8, 4) is 0 Å². The van der Waals surface area contributed by atoms with E-state index in [4.69, 9.17) is 10.3 Å². The summed E-state index contributed by atoms with van der Waals surface area (Å²) in [6, 6.07) is 4.09. The highest BCUT2D eigenvalue weighted by molar-refractivity contribution is 7.98. The number of hydrogen-bond donors (Lipinski definition) is 1. The Morgan fingerprint density at radius 2 is 2.12 bits per heavy atom. The molecular formula is C11H14N4OS. The standard InChI is InChI=1S/C11H14N4OS/c1-7-3-8(2)13-11(4-7)17-6-9-14-10(5-12)16-15-9/h3-4H,5-6,12H2,1-2H3. The first-order chi connectivity index (χ1) is 8.17. The summed E-state index contributed by atoms with van der Waals surface area (Å²) in [6.45, 7) is 4.32. The summed E-state index contributed by atoms with van der Waals surface area (Å²) in [5.41, 5.74) is 7.62. The number of pyridine rings is 1. The number of rotatable bonds is 4. The van der Waals surface area contributed by atoms with Crippen LogP contribution in [0.3, 0.4) is 0 Å². The smallest absolute Gasteiger partial charge is 0.240 e. The Balaban J connectivity index is 2.01. The molecule has 0 saturated carbocycles. The molecule has 2 aromatic heterocycles. The van der Waals surface area contributed by atoms with Gasteiger partial charge in [-0.2, -0.15) is 4.98 Å². The second-order valence-electron chi connectivity index (χ2n) is 3.72.